The van der Waals surface area contributed by atoms with Gasteiger partial charge >= 0.3 is 0 Å². The molecule has 0 aromatic carbocycles. The van der Waals surface area contributed by atoms with E-state index >= 15 is 0 Å². The highest BCUT2D eigenvalue weighted by atomic mass is 16.1. The van der Waals surface area contributed by atoms with E-state index < -0.39 is 0 Å². The van der Waals surface area contributed by atoms with Crippen LogP contribution in [0.4, 0.5) is 5.82 Å². The molecule has 0 aliphatic heterocycles. The van der Waals surface area contributed by atoms with Crippen LogP contribution < -0.4 is 10.9 Å². The van der Waals surface area contributed by atoms with E-state index in [0.717, 1.165) is 12.4 Å². The maximum absolute atomic E-state index is 10.8. The normalized spacial score (nSPS) is 12.4. The molecule has 0 aliphatic carbocycles. The maximum Gasteiger partial charge on any atom is 0.264 e. The molecule has 0 spiro atoms. The number of nitrogens with zero attached hydrogens (tertiary/aromatic N) is 1. The van der Waals surface area contributed by atoms with Crippen molar-refractivity contribution in [1.29, 1.82) is 0 Å². The molecule has 0 saturated heterocycles. The first-order valence-corrected chi connectivity index (χ1v) is 6.05. The van der Waals surface area contributed by atoms with Crippen molar-refractivity contribution in [3.8, 4) is 0 Å². The Morgan fingerprint density at radius 3 is 2.81 bits per heavy atom. The Morgan fingerprint density at radius 1 is 1.44 bits per heavy atom. The second-order valence-electron chi connectivity index (χ2n) is 4.10. The van der Waals surface area contributed by atoms with Gasteiger partial charge in [-0.2, -0.15) is 5.10 Å². The number of unbranched alkanes of at least 4 members (excludes halogenated alkanes) is 1. The van der Waals surface area contributed by atoms with Gasteiger partial charge in [0.15, 0.2) is 0 Å². The molecule has 2 N–H and O–H groups in total. The average Bonchev–Trinajstić information content (AvgIpc) is 2.32. The molecule has 1 heterocycles. The van der Waals surface area contributed by atoms with E-state index in [1.54, 1.807) is 6.07 Å². The van der Waals surface area contributed by atoms with Gasteiger partial charge in [-0.15, -0.1) is 0 Å². The summed E-state index contributed by atoms with van der Waals surface area (Å²) >= 11 is 0. The van der Waals surface area contributed by atoms with Crippen LogP contribution in [0.5, 0.6) is 0 Å². The smallest absolute Gasteiger partial charge is 0.264 e. The molecule has 0 bridgehead atoms. The lowest BCUT2D eigenvalue weighted by Crippen LogP contribution is -2.16. The summed E-state index contributed by atoms with van der Waals surface area (Å²) in [5, 5.41) is 9.58. The number of anilines is 1. The minimum Gasteiger partial charge on any atom is -0.368 e. The molecule has 0 fully saturated rings. The Bertz CT molecular complexity index is 328. The minimum atomic E-state index is -0.163. The Balaban J connectivity index is 2.36. The zero-order valence-electron chi connectivity index (χ0n) is 10.1. The highest BCUT2D eigenvalue weighted by molar-refractivity contribution is 5.31. The largest absolute Gasteiger partial charge is 0.368 e. The van der Waals surface area contributed by atoms with E-state index in [1.165, 1.54) is 31.7 Å². The molecule has 4 heteroatoms. The Morgan fingerprint density at radius 2 is 2.25 bits per heavy atom. The number of hydrogen-bond donors (Lipinski definition) is 2. The summed E-state index contributed by atoms with van der Waals surface area (Å²) in [5.74, 6) is 1.43. The van der Waals surface area contributed by atoms with E-state index in [1.807, 2.05) is 0 Å². The quantitative estimate of drug-likeness (QED) is 0.746. The highest BCUT2D eigenvalue weighted by Gasteiger charge is 2.05. The fourth-order valence-corrected chi connectivity index (χ4v) is 1.64. The molecule has 16 heavy (non-hydrogen) atoms. The third-order valence-corrected chi connectivity index (χ3v) is 2.79. The number of H-pyrrole nitrogens is 1. The van der Waals surface area contributed by atoms with Crippen LogP contribution in [0, 0.1) is 5.92 Å². The van der Waals surface area contributed by atoms with Crippen molar-refractivity contribution >= 4 is 5.82 Å². The molecule has 1 rings (SSSR count). The number of aromatic amines is 1. The molecule has 0 radical (unpaired) electrons. The average molecular weight is 223 g/mol. The molecule has 1 aromatic heterocycles. The Hall–Kier alpha value is -1.32. The Labute approximate surface area is 96.5 Å². The summed E-state index contributed by atoms with van der Waals surface area (Å²) in [6.07, 6.45) is 4.95. The fraction of sp³-hybridized carbons (Fsp3) is 0.667. The molecule has 0 unspecified atom stereocenters. The first-order valence-electron chi connectivity index (χ1n) is 6.05. The van der Waals surface area contributed by atoms with Gasteiger partial charge in [-0.05, 0) is 18.4 Å². The first kappa shape index (κ1) is 12.7. The van der Waals surface area contributed by atoms with Gasteiger partial charge in [0.25, 0.3) is 5.56 Å². The van der Waals surface area contributed by atoms with Crippen LogP contribution in [-0.4, -0.2) is 16.7 Å². The van der Waals surface area contributed by atoms with Gasteiger partial charge in [0.2, 0.25) is 0 Å². The molecule has 1 aromatic rings. The molecule has 90 valence electrons. The molecule has 1 atom stereocenters. The third kappa shape index (κ3) is 4.47. The van der Waals surface area contributed by atoms with Gasteiger partial charge in [-0.3, -0.25) is 4.79 Å². The van der Waals surface area contributed by atoms with Crippen molar-refractivity contribution in [2.75, 3.05) is 11.9 Å². The summed E-state index contributed by atoms with van der Waals surface area (Å²) in [7, 11) is 0. The van der Waals surface area contributed by atoms with Crippen LogP contribution in [-0.2, 0) is 0 Å². The fourth-order valence-electron chi connectivity index (χ4n) is 1.64. The van der Waals surface area contributed by atoms with Gasteiger partial charge in [0.1, 0.15) is 5.82 Å². The lowest BCUT2D eigenvalue weighted by Gasteiger charge is -2.15. The Kier molecular flexibility index (Phi) is 5.61. The summed E-state index contributed by atoms with van der Waals surface area (Å²) in [4.78, 5) is 10.8. The van der Waals surface area contributed by atoms with Gasteiger partial charge in [0, 0.05) is 12.6 Å². The van der Waals surface area contributed by atoms with Crippen molar-refractivity contribution in [2.24, 2.45) is 5.92 Å². The van der Waals surface area contributed by atoms with Gasteiger partial charge < -0.3 is 5.32 Å². The number of hydrogen-bond acceptors (Lipinski definition) is 3. The second kappa shape index (κ2) is 7.04. The van der Waals surface area contributed by atoms with Crippen LogP contribution >= 0.6 is 0 Å². The van der Waals surface area contributed by atoms with Gasteiger partial charge in [-0.25, -0.2) is 5.10 Å². The predicted molar refractivity (Wildman–Crippen MR) is 66.7 cm³/mol. The summed E-state index contributed by atoms with van der Waals surface area (Å²) in [6, 6.07) is 3.20. The van der Waals surface area contributed by atoms with Crippen molar-refractivity contribution in [1.82, 2.24) is 10.2 Å². The van der Waals surface area contributed by atoms with Gasteiger partial charge in [0.05, 0.1) is 0 Å². The minimum absolute atomic E-state index is 0.163. The summed E-state index contributed by atoms with van der Waals surface area (Å²) < 4.78 is 0. The lowest BCUT2D eigenvalue weighted by atomic mass is 9.99. The van der Waals surface area contributed by atoms with E-state index in [0.29, 0.717) is 5.92 Å². The molecule has 0 aliphatic rings. The molecule has 0 saturated carbocycles. The molecule has 0 amide bonds. The number of nitrogens with one attached hydrogen (secondary N) is 2. The summed E-state index contributed by atoms with van der Waals surface area (Å²) in [5.41, 5.74) is -0.163. The lowest BCUT2D eigenvalue weighted by molar-refractivity contribution is 0.472. The standard InChI is InChI=1S/C12H21N3O/c1-3-5-6-10(4-2)9-13-11-7-8-12(16)15-14-11/h7-8,10H,3-6,9H2,1-2H3,(H,13,14)(H,15,16)/t10-/m1/s1. The first-order chi connectivity index (χ1) is 7.76. The second-order valence-corrected chi connectivity index (χ2v) is 4.10. The van der Waals surface area contributed by atoms with Crippen LogP contribution in [0.2, 0.25) is 0 Å². The van der Waals surface area contributed by atoms with E-state index in [-0.39, 0.29) is 5.56 Å². The number of rotatable bonds is 7. The van der Waals surface area contributed by atoms with Crippen molar-refractivity contribution < 1.29 is 0 Å². The van der Waals surface area contributed by atoms with Crippen molar-refractivity contribution in [2.45, 2.75) is 39.5 Å². The zero-order chi connectivity index (χ0) is 11.8. The van der Waals surface area contributed by atoms with E-state index in [4.69, 9.17) is 0 Å². The van der Waals surface area contributed by atoms with Crippen molar-refractivity contribution in [3.05, 3.63) is 22.5 Å². The van der Waals surface area contributed by atoms with E-state index in [2.05, 4.69) is 29.4 Å². The van der Waals surface area contributed by atoms with Crippen LogP contribution in [0.3, 0.4) is 0 Å². The summed E-state index contributed by atoms with van der Waals surface area (Å²) in [6.45, 7) is 5.35. The highest BCUT2D eigenvalue weighted by Crippen LogP contribution is 2.12. The SMILES string of the molecule is CCCC[C@@H](CC)CNc1ccc(=O)[nH]n1. The van der Waals surface area contributed by atoms with Crippen LogP contribution in [0.15, 0.2) is 16.9 Å². The van der Waals surface area contributed by atoms with Crippen molar-refractivity contribution in [3.63, 3.8) is 0 Å². The van der Waals surface area contributed by atoms with Gasteiger partial charge in [-0.1, -0.05) is 33.1 Å². The topological polar surface area (TPSA) is 57.8 Å². The van der Waals surface area contributed by atoms with Crippen LogP contribution in [0.1, 0.15) is 39.5 Å². The van der Waals surface area contributed by atoms with E-state index in [9.17, 15) is 4.79 Å². The molecular formula is C12H21N3O. The van der Waals surface area contributed by atoms with Crippen LogP contribution in [0.25, 0.3) is 0 Å². The molecule has 4 nitrogen and oxygen atoms in total. The number of aromatic nitrogens is 2. The monoisotopic (exact) mass is 223 g/mol. The maximum atomic E-state index is 10.8. The third-order valence-electron chi connectivity index (χ3n) is 2.79. The molecular weight excluding hydrogens is 202 g/mol. The zero-order valence-corrected chi connectivity index (χ0v) is 10.1. The predicted octanol–water partition coefficient (Wildman–Crippen LogP) is 2.40.